The SMILES string of the molecule is Cc1ccc2c3c(cc(N(c4ccccc4)c4ccccc4)c2c1)C(C)(C)c1cc(N(c2ccccc2)c2ccccc2)c2ccccc2c1-3. The molecule has 1 aliphatic rings. The first kappa shape index (κ1) is 30.0. The number of fused-ring (bicyclic) bond motifs is 7. The molecule has 0 aromatic heterocycles. The summed E-state index contributed by atoms with van der Waals surface area (Å²) < 4.78 is 0. The third-order valence-corrected chi connectivity index (χ3v) is 10.4. The first-order valence-corrected chi connectivity index (χ1v) is 17.5. The fourth-order valence-electron chi connectivity index (χ4n) is 8.08. The van der Waals surface area contributed by atoms with E-state index >= 15 is 0 Å². The van der Waals surface area contributed by atoms with Crippen LogP contribution in [0, 0.1) is 6.92 Å². The summed E-state index contributed by atoms with van der Waals surface area (Å²) in [5, 5.41) is 5.06. The quantitative estimate of drug-likeness (QED) is 0.178. The van der Waals surface area contributed by atoms with Crippen LogP contribution >= 0.6 is 0 Å². The molecule has 0 radical (unpaired) electrons. The van der Waals surface area contributed by atoms with Gasteiger partial charge in [-0.3, -0.25) is 0 Å². The minimum absolute atomic E-state index is 0.268. The summed E-state index contributed by atoms with van der Waals surface area (Å²) in [5.41, 5.74) is 13.3. The van der Waals surface area contributed by atoms with Crippen LogP contribution in [0.3, 0.4) is 0 Å². The Bertz CT molecular complexity index is 2420. The molecule has 9 rings (SSSR count). The predicted molar refractivity (Wildman–Crippen MR) is 213 cm³/mol. The van der Waals surface area contributed by atoms with E-state index < -0.39 is 0 Å². The molecule has 0 saturated carbocycles. The molecule has 0 aliphatic heterocycles. The van der Waals surface area contributed by atoms with Gasteiger partial charge >= 0.3 is 0 Å². The molecule has 0 bridgehead atoms. The molecule has 240 valence electrons. The van der Waals surface area contributed by atoms with Crippen molar-refractivity contribution in [2.45, 2.75) is 26.2 Å². The molecule has 2 nitrogen and oxygen atoms in total. The Balaban J connectivity index is 1.37. The first-order chi connectivity index (χ1) is 24.5. The Morgan fingerprint density at radius 1 is 0.360 bits per heavy atom. The molecular formula is C48H38N2. The van der Waals surface area contributed by atoms with Gasteiger partial charge in [-0.15, -0.1) is 0 Å². The Morgan fingerprint density at radius 3 is 1.16 bits per heavy atom. The summed E-state index contributed by atoms with van der Waals surface area (Å²) in [4.78, 5) is 4.85. The molecule has 8 aromatic rings. The number of anilines is 6. The van der Waals surface area contributed by atoms with Crippen molar-refractivity contribution < 1.29 is 0 Å². The van der Waals surface area contributed by atoms with E-state index in [-0.39, 0.29) is 5.41 Å². The highest BCUT2D eigenvalue weighted by Gasteiger charge is 2.40. The summed E-state index contributed by atoms with van der Waals surface area (Å²) in [6.45, 7) is 7.02. The van der Waals surface area contributed by atoms with Crippen LogP contribution in [0.1, 0.15) is 30.5 Å². The summed E-state index contributed by atoms with van der Waals surface area (Å²) in [5.74, 6) is 0. The van der Waals surface area contributed by atoms with E-state index in [4.69, 9.17) is 0 Å². The lowest BCUT2D eigenvalue weighted by atomic mass is 9.81. The van der Waals surface area contributed by atoms with Gasteiger partial charge in [-0.05, 0) is 107 Å². The molecule has 0 N–H and O–H groups in total. The van der Waals surface area contributed by atoms with Crippen molar-refractivity contribution in [1.29, 1.82) is 0 Å². The van der Waals surface area contributed by atoms with Crippen molar-refractivity contribution in [1.82, 2.24) is 0 Å². The van der Waals surface area contributed by atoms with Gasteiger partial charge in [0.05, 0.1) is 11.4 Å². The van der Waals surface area contributed by atoms with E-state index in [0.717, 1.165) is 22.7 Å². The van der Waals surface area contributed by atoms with Crippen LogP contribution in [0.2, 0.25) is 0 Å². The zero-order valence-electron chi connectivity index (χ0n) is 28.6. The molecule has 0 spiro atoms. The molecule has 8 aromatic carbocycles. The summed E-state index contributed by atoms with van der Waals surface area (Å²) in [7, 11) is 0. The Kier molecular flexibility index (Phi) is 7.07. The number of para-hydroxylation sites is 4. The van der Waals surface area contributed by atoms with Crippen LogP contribution in [0.15, 0.2) is 176 Å². The Labute approximate surface area is 294 Å². The van der Waals surface area contributed by atoms with Crippen LogP contribution in [0.25, 0.3) is 32.7 Å². The smallest absolute Gasteiger partial charge is 0.0543 e. The van der Waals surface area contributed by atoms with Crippen LogP contribution in [0.5, 0.6) is 0 Å². The summed E-state index contributed by atoms with van der Waals surface area (Å²) in [6.07, 6.45) is 0. The van der Waals surface area contributed by atoms with Crippen molar-refractivity contribution in [2.75, 3.05) is 9.80 Å². The number of hydrogen-bond donors (Lipinski definition) is 0. The molecule has 50 heavy (non-hydrogen) atoms. The highest BCUT2D eigenvalue weighted by molar-refractivity contribution is 6.17. The molecule has 0 fully saturated rings. The number of hydrogen-bond acceptors (Lipinski definition) is 2. The fraction of sp³-hybridized carbons (Fsp3) is 0.0833. The highest BCUT2D eigenvalue weighted by Crippen LogP contribution is 2.58. The first-order valence-electron chi connectivity index (χ1n) is 17.5. The minimum atomic E-state index is -0.268. The lowest BCUT2D eigenvalue weighted by Gasteiger charge is -2.30. The maximum Gasteiger partial charge on any atom is 0.0543 e. The molecule has 0 atom stereocenters. The van der Waals surface area contributed by atoms with Gasteiger partial charge in [0, 0.05) is 38.9 Å². The standard InChI is InChI=1S/C48H38N2/c1-33-28-29-40-41(30-33)45(50(36-22-12-6-13-23-36)37-24-14-7-15-25-37)32-43-47(40)46-39-27-17-16-26-38(39)44(31-42(46)48(43,2)3)49(34-18-8-4-9-19-34)35-20-10-5-11-21-35/h4-32H,1-3H3. The van der Waals surface area contributed by atoms with E-state index in [1.807, 2.05) is 0 Å². The maximum absolute atomic E-state index is 2.48. The second-order valence-electron chi connectivity index (χ2n) is 13.9. The third kappa shape index (κ3) is 4.71. The van der Waals surface area contributed by atoms with Gasteiger partial charge in [0.15, 0.2) is 0 Å². The van der Waals surface area contributed by atoms with E-state index in [2.05, 4.69) is 206 Å². The second-order valence-corrected chi connectivity index (χ2v) is 13.9. The molecule has 1 aliphatic carbocycles. The lowest BCUT2D eigenvalue weighted by Crippen LogP contribution is -2.18. The fourth-order valence-corrected chi connectivity index (χ4v) is 8.08. The van der Waals surface area contributed by atoms with E-state index in [1.165, 1.54) is 60.7 Å². The van der Waals surface area contributed by atoms with E-state index in [0.29, 0.717) is 0 Å². The van der Waals surface area contributed by atoms with E-state index in [9.17, 15) is 0 Å². The van der Waals surface area contributed by atoms with Crippen LogP contribution in [0.4, 0.5) is 34.1 Å². The number of rotatable bonds is 6. The molecular weight excluding hydrogens is 605 g/mol. The lowest BCUT2D eigenvalue weighted by molar-refractivity contribution is 0.661. The van der Waals surface area contributed by atoms with Crippen molar-refractivity contribution in [3.8, 4) is 11.1 Å². The highest BCUT2D eigenvalue weighted by atomic mass is 15.1. The van der Waals surface area contributed by atoms with Crippen LogP contribution in [-0.2, 0) is 5.41 Å². The molecule has 0 saturated heterocycles. The molecule has 0 amide bonds. The van der Waals surface area contributed by atoms with Gasteiger partial charge in [-0.1, -0.05) is 129 Å². The van der Waals surface area contributed by atoms with Gasteiger partial charge < -0.3 is 9.80 Å². The second kappa shape index (κ2) is 11.8. The van der Waals surface area contributed by atoms with Crippen LogP contribution in [-0.4, -0.2) is 0 Å². The normalized spacial score (nSPS) is 12.9. The zero-order valence-corrected chi connectivity index (χ0v) is 28.6. The largest absolute Gasteiger partial charge is 0.310 e. The van der Waals surface area contributed by atoms with Gasteiger partial charge in [0.25, 0.3) is 0 Å². The Morgan fingerprint density at radius 2 is 0.720 bits per heavy atom. The van der Waals surface area contributed by atoms with Gasteiger partial charge in [0.1, 0.15) is 0 Å². The zero-order chi connectivity index (χ0) is 33.8. The van der Waals surface area contributed by atoms with Gasteiger partial charge in [-0.2, -0.15) is 0 Å². The molecule has 0 unspecified atom stereocenters. The van der Waals surface area contributed by atoms with Crippen molar-refractivity contribution in [3.05, 3.63) is 193 Å². The average molecular weight is 643 g/mol. The maximum atomic E-state index is 2.48. The number of nitrogens with zero attached hydrogens (tertiary/aromatic N) is 2. The van der Waals surface area contributed by atoms with E-state index in [1.54, 1.807) is 0 Å². The summed E-state index contributed by atoms with van der Waals surface area (Å²) in [6, 6.07) is 64.0. The topological polar surface area (TPSA) is 6.48 Å². The molecule has 0 heterocycles. The monoisotopic (exact) mass is 642 g/mol. The Hall–Kier alpha value is -6.12. The minimum Gasteiger partial charge on any atom is -0.310 e. The third-order valence-electron chi connectivity index (χ3n) is 10.4. The predicted octanol–water partition coefficient (Wildman–Crippen LogP) is 13.5. The number of aryl methyl sites for hydroxylation is 1. The van der Waals surface area contributed by atoms with Crippen molar-refractivity contribution in [3.63, 3.8) is 0 Å². The average Bonchev–Trinajstić information content (AvgIpc) is 3.39. The van der Waals surface area contributed by atoms with Crippen molar-refractivity contribution >= 4 is 55.7 Å². The van der Waals surface area contributed by atoms with Crippen LogP contribution < -0.4 is 9.80 Å². The number of benzene rings is 8. The van der Waals surface area contributed by atoms with Crippen molar-refractivity contribution in [2.24, 2.45) is 0 Å². The van der Waals surface area contributed by atoms with Gasteiger partial charge in [0.2, 0.25) is 0 Å². The summed E-state index contributed by atoms with van der Waals surface area (Å²) >= 11 is 0. The molecule has 2 heteroatoms. The van der Waals surface area contributed by atoms with Gasteiger partial charge in [-0.25, -0.2) is 0 Å².